The van der Waals surface area contributed by atoms with E-state index in [9.17, 15) is 0 Å². The maximum Gasteiger partial charge on any atom is 0.203 e. The summed E-state index contributed by atoms with van der Waals surface area (Å²) in [5, 5.41) is 5.76. The van der Waals surface area contributed by atoms with Gasteiger partial charge in [0.05, 0.1) is 16.9 Å². The summed E-state index contributed by atoms with van der Waals surface area (Å²) in [6, 6.07) is 0.601. The number of imidazole rings is 1. The Morgan fingerprint density at radius 1 is 1.35 bits per heavy atom. The second kappa shape index (κ2) is 6.39. The van der Waals surface area contributed by atoms with Gasteiger partial charge in [-0.15, -0.1) is 11.3 Å². The van der Waals surface area contributed by atoms with Crippen LogP contribution in [0.2, 0.25) is 0 Å². The lowest BCUT2D eigenvalue weighted by Gasteiger charge is -2.23. The minimum Gasteiger partial charge on any atom is -0.353 e. The van der Waals surface area contributed by atoms with E-state index < -0.39 is 0 Å². The summed E-state index contributed by atoms with van der Waals surface area (Å²) in [6.07, 6.45) is 9.73. The van der Waals surface area contributed by atoms with Gasteiger partial charge in [0.1, 0.15) is 0 Å². The molecule has 1 saturated carbocycles. The smallest absolute Gasteiger partial charge is 0.203 e. The Labute approximate surface area is 124 Å². The molecule has 4 nitrogen and oxygen atoms in total. The first-order valence-electron chi connectivity index (χ1n) is 7.48. The topological polar surface area (TPSA) is 42.7 Å². The second-order valence-electron chi connectivity index (χ2n) is 5.61. The molecule has 0 bridgehead atoms. The van der Waals surface area contributed by atoms with Crippen LogP contribution >= 0.6 is 11.3 Å². The minimum absolute atomic E-state index is 0.601. The molecule has 0 radical (unpaired) electrons. The largest absolute Gasteiger partial charge is 0.353 e. The van der Waals surface area contributed by atoms with Gasteiger partial charge in [-0.25, -0.2) is 9.97 Å². The van der Waals surface area contributed by atoms with Crippen LogP contribution in [0, 0.1) is 6.92 Å². The summed E-state index contributed by atoms with van der Waals surface area (Å²) in [4.78, 5) is 8.99. The Balaban J connectivity index is 1.64. The molecule has 5 heteroatoms. The van der Waals surface area contributed by atoms with E-state index in [1.54, 1.807) is 11.3 Å². The highest BCUT2D eigenvalue weighted by molar-refractivity contribution is 7.07. The van der Waals surface area contributed by atoms with E-state index in [1.165, 1.54) is 37.8 Å². The van der Waals surface area contributed by atoms with Crippen LogP contribution in [0.15, 0.2) is 17.1 Å². The number of hydrogen-bond acceptors (Lipinski definition) is 4. The standard InChI is InChI=1S/C15H22N4S/c1-12-9-19(8-7-14-10-20-11-16-14)15(17-12)18-13-5-3-2-4-6-13/h9-11,13H,2-8H2,1H3,(H,17,18). The van der Waals surface area contributed by atoms with Crippen molar-refractivity contribution in [2.24, 2.45) is 0 Å². The van der Waals surface area contributed by atoms with Gasteiger partial charge in [0, 0.05) is 30.6 Å². The van der Waals surface area contributed by atoms with Crippen LogP contribution in [0.5, 0.6) is 0 Å². The lowest BCUT2D eigenvalue weighted by Crippen LogP contribution is -2.24. The summed E-state index contributed by atoms with van der Waals surface area (Å²) in [5.74, 6) is 1.03. The molecule has 1 aliphatic rings. The molecule has 0 aliphatic heterocycles. The average molecular weight is 290 g/mol. The Bertz CT molecular complexity index is 526. The van der Waals surface area contributed by atoms with Gasteiger partial charge >= 0.3 is 0 Å². The maximum atomic E-state index is 4.64. The zero-order valence-corrected chi connectivity index (χ0v) is 12.8. The summed E-state index contributed by atoms with van der Waals surface area (Å²) >= 11 is 1.66. The van der Waals surface area contributed by atoms with Gasteiger partial charge in [-0.2, -0.15) is 0 Å². The van der Waals surface area contributed by atoms with Gasteiger partial charge in [0.2, 0.25) is 5.95 Å². The van der Waals surface area contributed by atoms with Crippen LogP contribution in [0.1, 0.15) is 43.5 Å². The summed E-state index contributed by atoms with van der Waals surface area (Å²) in [7, 11) is 0. The Morgan fingerprint density at radius 2 is 2.20 bits per heavy atom. The minimum atomic E-state index is 0.601. The molecular weight excluding hydrogens is 268 g/mol. The zero-order chi connectivity index (χ0) is 13.8. The maximum absolute atomic E-state index is 4.64. The molecule has 3 rings (SSSR count). The number of nitrogens with one attached hydrogen (secondary N) is 1. The summed E-state index contributed by atoms with van der Waals surface area (Å²) in [5.41, 5.74) is 4.15. The van der Waals surface area contributed by atoms with E-state index in [0.29, 0.717) is 6.04 Å². The van der Waals surface area contributed by atoms with Crippen molar-refractivity contribution in [3.8, 4) is 0 Å². The van der Waals surface area contributed by atoms with Crippen molar-refractivity contribution in [2.45, 2.75) is 58.0 Å². The molecule has 1 fully saturated rings. The molecule has 0 saturated heterocycles. The average Bonchev–Trinajstić information content (AvgIpc) is 3.07. The fraction of sp³-hybridized carbons (Fsp3) is 0.600. The van der Waals surface area contributed by atoms with Gasteiger partial charge in [-0.3, -0.25) is 0 Å². The molecule has 108 valence electrons. The molecule has 0 unspecified atom stereocenters. The van der Waals surface area contributed by atoms with Gasteiger partial charge in [0.15, 0.2) is 0 Å². The lowest BCUT2D eigenvalue weighted by atomic mass is 9.96. The SMILES string of the molecule is Cc1cn(CCc2cscn2)c(NC2CCCCC2)n1. The first kappa shape index (κ1) is 13.6. The predicted molar refractivity (Wildman–Crippen MR) is 83.3 cm³/mol. The second-order valence-corrected chi connectivity index (χ2v) is 6.33. The molecule has 2 aromatic rings. The van der Waals surface area contributed by atoms with E-state index >= 15 is 0 Å². The van der Waals surface area contributed by atoms with Crippen LogP contribution in [-0.4, -0.2) is 20.6 Å². The summed E-state index contributed by atoms with van der Waals surface area (Å²) < 4.78 is 2.24. The van der Waals surface area contributed by atoms with Crippen molar-refractivity contribution in [1.29, 1.82) is 0 Å². The van der Waals surface area contributed by atoms with E-state index in [4.69, 9.17) is 0 Å². The molecular formula is C15H22N4S. The molecule has 0 atom stereocenters. The van der Waals surface area contributed by atoms with Crippen molar-refractivity contribution in [1.82, 2.24) is 14.5 Å². The van der Waals surface area contributed by atoms with Crippen molar-refractivity contribution in [3.63, 3.8) is 0 Å². The number of aryl methyl sites for hydroxylation is 3. The van der Waals surface area contributed by atoms with Gasteiger partial charge in [0.25, 0.3) is 0 Å². The van der Waals surface area contributed by atoms with Crippen LogP contribution < -0.4 is 5.32 Å². The quantitative estimate of drug-likeness (QED) is 0.914. The number of aromatic nitrogens is 3. The van der Waals surface area contributed by atoms with Crippen LogP contribution in [0.25, 0.3) is 0 Å². The molecule has 20 heavy (non-hydrogen) atoms. The third-order valence-electron chi connectivity index (χ3n) is 3.93. The Morgan fingerprint density at radius 3 is 2.95 bits per heavy atom. The molecule has 1 N–H and O–H groups in total. The molecule has 2 aromatic heterocycles. The number of nitrogens with zero attached hydrogens (tertiary/aromatic N) is 3. The Hall–Kier alpha value is -1.36. The molecule has 0 spiro atoms. The van der Waals surface area contributed by atoms with E-state index in [2.05, 4.69) is 38.4 Å². The van der Waals surface area contributed by atoms with Crippen LogP contribution in [0.3, 0.4) is 0 Å². The van der Waals surface area contributed by atoms with Crippen molar-refractivity contribution in [2.75, 3.05) is 5.32 Å². The highest BCUT2D eigenvalue weighted by Crippen LogP contribution is 2.21. The number of thiazole rings is 1. The van der Waals surface area contributed by atoms with Crippen molar-refractivity contribution < 1.29 is 0 Å². The van der Waals surface area contributed by atoms with Crippen LogP contribution in [-0.2, 0) is 13.0 Å². The highest BCUT2D eigenvalue weighted by atomic mass is 32.1. The molecule has 1 aliphatic carbocycles. The Kier molecular flexibility index (Phi) is 4.35. The molecule has 0 aromatic carbocycles. The fourth-order valence-electron chi connectivity index (χ4n) is 2.86. The molecule has 2 heterocycles. The third-order valence-corrected chi connectivity index (χ3v) is 4.56. The van der Waals surface area contributed by atoms with Gasteiger partial charge in [-0.05, 0) is 19.8 Å². The number of rotatable bonds is 5. The third kappa shape index (κ3) is 3.39. The fourth-order valence-corrected chi connectivity index (χ4v) is 3.45. The summed E-state index contributed by atoms with van der Waals surface area (Å²) in [6.45, 7) is 3.00. The highest BCUT2D eigenvalue weighted by Gasteiger charge is 2.15. The lowest BCUT2D eigenvalue weighted by molar-refractivity contribution is 0.458. The van der Waals surface area contributed by atoms with Crippen molar-refractivity contribution in [3.05, 3.63) is 28.5 Å². The number of hydrogen-bond donors (Lipinski definition) is 1. The van der Waals surface area contributed by atoms with Gasteiger partial charge in [-0.1, -0.05) is 19.3 Å². The number of anilines is 1. The first-order valence-corrected chi connectivity index (χ1v) is 8.43. The van der Waals surface area contributed by atoms with Gasteiger partial charge < -0.3 is 9.88 Å². The first-order chi connectivity index (χ1) is 9.81. The predicted octanol–water partition coefficient (Wildman–Crippen LogP) is 3.64. The van der Waals surface area contributed by atoms with E-state index in [-0.39, 0.29) is 0 Å². The van der Waals surface area contributed by atoms with Crippen LogP contribution in [0.4, 0.5) is 5.95 Å². The van der Waals surface area contributed by atoms with E-state index in [0.717, 1.165) is 24.6 Å². The van der Waals surface area contributed by atoms with Crippen molar-refractivity contribution >= 4 is 17.3 Å². The monoisotopic (exact) mass is 290 g/mol. The normalized spacial score (nSPS) is 16.4. The molecule has 0 amide bonds. The zero-order valence-electron chi connectivity index (χ0n) is 12.0. The van der Waals surface area contributed by atoms with E-state index in [1.807, 2.05) is 5.51 Å².